The summed E-state index contributed by atoms with van der Waals surface area (Å²) in [6.45, 7) is 6.98. The summed E-state index contributed by atoms with van der Waals surface area (Å²) in [7, 11) is 1.69. The van der Waals surface area contributed by atoms with E-state index < -0.39 is 0 Å². The monoisotopic (exact) mass is 447 g/mol. The van der Waals surface area contributed by atoms with Crippen molar-refractivity contribution in [1.29, 1.82) is 0 Å². The SMILES string of the molecule is COc1ccc(Cc2nccc(N3CCC4=C(C=NC4)C3)n2)cc1OCCCN1CCCC1. The summed E-state index contributed by atoms with van der Waals surface area (Å²) in [6, 6.07) is 8.12. The number of anilines is 1. The smallest absolute Gasteiger partial charge is 0.161 e. The molecule has 3 aliphatic rings. The minimum Gasteiger partial charge on any atom is -0.493 e. The van der Waals surface area contributed by atoms with Crippen LogP contribution in [0.2, 0.25) is 0 Å². The standard InChI is InChI=1S/C26H33N5O2/c1-32-23-6-5-20(15-24(23)33-14-4-12-30-10-2-3-11-30)16-25-28-9-7-26(29-25)31-13-8-21-17-27-18-22(21)19-31/h5-7,9,15,18H,2-4,8,10-14,16-17,19H2,1H3. The molecule has 33 heavy (non-hydrogen) atoms. The van der Waals surface area contributed by atoms with E-state index in [0.717, 1.165) is 67.7 Å². The molecule has 0 radical (unpaired) electrons. The fraction of sp³-hybridized carbons (Fsp3) is 0.500. The first kappa shape index (κ1) is 21.9. The fourth-order valence-corrected chi connectivity index (χ4v) is 4.85. The molecule has 1 saturated heterocycles. The molecule has 0 saturated carbocycles. The number of rotatable bonds is 9. The minimum absolute atomic E-state index is 0.658. The van der Waals surface area contributed by atoms with E-state index in [1.54, 1.807) is 7.11 Å². The molecule has 0 aliphatic carbocycles. The Bertz CT molecular complexity index is 1030. The van der Waals surface area contributed by atoms with Gasteiger partial charge in [0.15, 0.2) is 11.5 Å². The lowest BCUT2D eigenvalue weighted by molar-refractivity contribution is 0.254. The summed E-state index contributed by atoms with van der Waals surface area (Å²) in [5, 5.41) is 0. The molecule has 174 valence electrons. The Morgan fingerprint density at radius 3 is 2.85 bits per heavy atom. The second-order valence-corrected chi connectivity index (χ2v) is 9.01. The van der Waals surface area contributed by atoms with Crippen LogP contribution in [0.15, 0.2) is 46.6 Å². The summed E-state index contributed by atoms with van der Waals surface area (Å²) in [6.07, 6.45) is 9.28. The molecule has 0 spiro atoms. The number of nitrogens with zero attached hydrogens (tertiary/aromatic N) is 5. The molecule has 2 aromatic rings. The van der Waals surface area contributed by atoms with Crippen molar-refractivity contribution in [2.24, 2.45) is 4.99 Å². The van der Waals surface area contributed by atoms with Gasteiger partial charge < -0.3 is 19.3 Å². The number of likely N-dealkylation sites (tertiary alicyclic amines) is 1. The maximum atomic E-state index is 6.11. The Morgan fingerprint density at radius 2 is 1.97 bits per heavy atom. The van der Waals surface area contributed by atoms with Gasteiger partial charge in [0.2, 0.25) is 0 Å². The fourth-order valence-electron chi connectivity index (χ4n) is 4.85. The van der Waals surface area contributed by atoms with E-state index in [2.05, 4.69) is 31.9 Å². The molecule has 1 aromatic carbocycles. The molecule has 0 bridgehead atoms. The number of methoxy groups -OCH3 is 1. The van der Waals surface area contributed by atoms with Gasteiger partial charge in [0, 0.05) is 38.5 Å². The van der Waals surface area contributed by atoms with Crippen LogP contribution in [0.4, 0.5) is 5.82 Å². The third-order valence-corrected chi connectivity index (χ3v) is 6.71. The van der Waals surface area contributed by atoms with Gasteiger partial charge in [0.05, 0.1) is 20.3 Å². The van der Waals surface area contributed by atoms with Crippen molar-refractivity contribution in [2.45, 2.75) is 32.1 Å². The van der Waals surface area contributed by atoms with E-state index in [-0.39, 0.29) is 0 Å². The van der Waals surface area contributed by atoms with E-state index in [4.69, 9.17) is 14.5 Å². The molecule has 5 rings (SSSR count). The van der Waals surface area contributed by atoms with Crippen molar-refractivity contribution < 1.29 is 9.47 Å². The average molecular weight is 448 g/mol. The summed E-state index contributed by atoms with van der Waals surface area (Å²) in [5.41, 5.74) is 3.95. The number of benzene rings is 1. The van der Waals surface area contributed by atoms with E-state index >= 15 is 0 Å². The van der Waals surface area contributed by atoms with Crippen LogP contribution in [0.3, 0.4) is 0 Å². The molecule has 0 amide bonds. The summed E-state index contributed by atoms with van der Waals surface area (Å²) >= 11 is 0. The van der Waals surface area contributed by atoms with Gasteiger partial charge >= 0.3 is 0 Å². The molecule has 0 unspecified atom stereocenters. The van der Waals surface area contributed by atoms with E-state index in [1.807, 2.05) is 24.5 Å². The van der Waals surface area contributed by atoms with Crippen molar-refractivity contribution in [1.82, 2.24) is 14.9 Å². The maximum absolute atomic E-state index is 6.11. The van der Waals surface area contributed by atoms with Crippen molar-refractivity contribution >= 4 is 12.0 Å². The predicted octanol–water partition coefficient (Wildman–Crippen LogP) is 3.53. The quantitative estimate of drug-likeness (QED) is 0.548. The van der Waals surface area contributed by atoms with Crippen molar-refractivity contribution in [3.05, 3.63) is 53.0 Å². The van der Waals surface area contributed by atoms with Crippen molar-refractivity contribution in [3.8, 4) is 11.5 Å². The molecule has 1 fully saturated rings. The summed E-state index contributed by atoms with van der Waals surface area (Å²) in [5.74, 6) is 3.37. The van der Waals surface area contributed by atoms with Crippen LogP contribution in [-0.4, -0.2) is 74.1 Å². The highest BCUT2D eigenvalue weighted by molar-refractivity contribution is 5.84. The first-order valence-electron chi connectivity index (χ1n) is 12.1. The minimum atomic E-state index is 0.658. The molecular weight excluding hydrogens is 414 g/mol. The van der Waals surface area contributed by atoms with Crippen LogP contribution in [-0.2, 0) is 6.42 Å². The third-order valence-electron chi connectivity index (χ3n) is 6.71. The van der Waals surface area contributed by atoms with Gasteiger partial charge in [-0.05, 0) is 73.7 Å². The highest BCUT2D eigenvalue weighted by Crippen LogP contribution is 2.29. The summed E-state index contributed by atoms with van der Waals surface area (Å²) < 4.78 is 11.6. The number of hydrogen-bond acceptors (Lipinski definition) is 7. The highest BCUT2D eigenvalue weighted by Gasteiger charge is 2.21. The van der Waals surface area contributed by atoms with Gasteiger partial charge in [0.1, 0.15) is 11.6 Å². The second kappa shape index (κ2) is 10.3. The van der Waals surface area contributed by atoms with Crippen LogP contribution in [0.25, 0.3) is 0 Å². The number of aromatic nitrogens is 2. The first-order valence-corrected chi connectivity index (χ1v) is 12.1. The average Bonchev–Trinajstić information content (AvgIpc) is 3.54. The van der Waals surface area contributed by atoms with Crippen LogP contribution in [0.1, 0.15) is 37.1 Å². The van der Waals surface area contributed by atoms with Crippen LogP contribution in [0.5, 0.6) is 11.5 Å². The highest BCUT2D eigenvalue weighted by atomic mass is 16.5. The van der Waals surface area contributed by atoms with Gasteiger partial charge in [-0.2, -0.15) is 0 Å². The van der Waals surface area contributed by atoms with Crippen molar-refractivity contribution in [2.75, 3.05) is 57.9 Å². The van der Waals surface area contributed by atoms with Crippen LogP contribution >= 0.6 is 0 Å². The largest absolute Gasteiger partial charge is 0.493 e. The molecule has 0 atom stereocenters. The normalized spacial score (nSPS) is 18.2. The molecule has 0 N–H and O–H groups in total. The zero-order valence-electron chi connectivity index (χ0n) is 19.5. The van der Waals surface area contributed by atoms with Crippen LogP contribution in [0, 0.1) is 0 Å². The number of hydrogen-bond donors (Lipinski definition) is 0. The topological polar surface area (TPSA) is 63.1 Å². The lowest BCUT2D eigenvalue weighted by Gasteiger charge is -2.28. The Morgan fingerprint density at radius 1 is 1.06 bits per heavy atom. The zero-order valence-corrected chi connectivity index (χ0v) is 19.5. The lowest BCUT2D eigenvalue weighted by atomic mass is 10.0. The lowest BCUT2D eigenvalue weighted by Crippen LogP contribution is -2.32. The molecule has 7 heteroatoms. The Labute approximate surface area is 196 Å². The summed E-state index contributed by atoms with van der Waals surface area (Å²) in [4.78, 5) is 18.7. The molecule has 7 nitrogen and oxygen atoms in total. The number of ether oxygens (including phenoxy) is 2. The van der Waals surface area contributed by atoms with Gasteiger partial charge in [0.25, 0.3) is 0 Å². The maximum Gasteiger partial charge on any atom is 0.161 e. The van der Waals surface area contributed by atoms with E-state index in [1.165, 1.54) is 37.1 Å². The molecule has 3 aliphatic heterocycles. The number of aliphatic imine (C=N–C) groups is 1. The Hall–Kier alpha value is -2.93. The van der Waals surface area contributed by atoms with E-state index in [0.29, 0.717) is 13.0 Å². The van der Waals surface area contributed by atoms with Crippen LogP contribution < -0.4 is 14.4 Å². The van der Waals surface area contributed by atoms with Gasteiger partial charge in [-0.15, -0.1) is 0 Å². The van der Waals surface area contributed by atoms with Crippen molar-refractivity contribution in [3.63, 3.8) is 0 Å². The van der Waals surface area contributed by atoms with E-state index in [9.17, 15) is 0 Å². The van der Waals surface area contributed by atoms with Gasteiger partial charge in [-0.25, -0.2) is 9.97 Å². The zero-order chi connectivity index (χ0) is 22.5. The van der Waals surface area contributed by atoms with Gasteiger partial charge in [-0.1, -0.05) is 6.07 Å². The molecular formula is C26H33N5O2. The first-order chi connectivity index (χ1) is 16.3. The Kier molecular flexibility index (Phi) is 6.86. The van der Waals surface area contributed by atoms with Gasteiger partial charge in [-0.3, -0.25) is 4.99 Å². The molecule has 1 aromatic heterocycles. The predicted molar refractivity (Wildman–Crippen MR) is 131 cm³/mol. The third kappa shape index (κ3) is 5.36. The second-order valence-electron chi connectivity index (χ2n) is 9.01. The Balaban J connectivity index is 1.22. The molecule has 4 heterocycles.